The number of rotatable bonds is 2. The summed E-state index contributed by atoms with van der Waals surface area (Å²) in [6.07, 6.45) is 2.15. The first-order valence-electron chi connectivity index (χ1n) is 7.01. The fourth-order valence-electron chi connectivity index (χ4n) is 3.14. The number of fused-ring (bicyclic) bond motifs is 3. The van der Waals surface area contributed by atoms with Crippen molar-refractivity contribution in [3.8, 4) is 11.3 Å². The number of hydrogen-bond donors (Lipinski definition) is 1. The van der Waals surface area contributed by atoms with E-state index in [9.17, 15) is 0 Å². The van der Waals surface area contributed by atoms with Crippen LogP contribution >= 0.6 is 0 Å². The van der Waals surface area contributed by atoms with Gasteiger partial charge in [-0.25, -0.2) is 0 Å². The molecule has 0 unspecified atom stereocenters. The molecule has 0 saturated carbocycles. The summed E-state index contributed by atoms with van der Waals surface area (Å²) in [5, 5.41) is 0. The van der Waals surface area contributed by atoms with E-state index in [1.807, 2.05) is 0 Å². The van der Waals surface area contributed by atoms with E-state index < -0.39 is 0 Å². The molecule has 0 aliphatic heterocycles. The number of aromatic nitrogens is 1. The molecule has 0 spiro atoms. The van der Waals surface area contributed by atoms with Crippen molar-refractivity contribution in [1.82, 2.24) is 4.68 Å². The summed E-state index contributed by atoms with van der Waals surface area (Å²) in [7, 11) is 0. The number of nitrogens with zero attached hydrogens (tertiary/aromatic N) is 1. The summed E-state index contributed by atoms with van der Waals surface area (Å²) in [6, 6.07) is 9.48. The van der Waals surface area contributed by atoms with Gasteiger partial charge < -0.3 is 5.43 Å². The normalized spacial score (nSPS) is 15.5. The van der Waals surface area contributed by atoms with E-state index in [-0.39, 0.29) is 5.41 Å². The Kier molecular flexibility index (Phi) is 2.53. The number of hydrogen-bond acceptors (Lipinski definition) is 1. The molecule has 0 amide bonds. The number of nitrogens with one attached hydrogen (secondary N) is 1. The molecule has 1 aliphatic carbocycles. The van der Waals surface area contributed by atoms with Crippen LogP contribution in [0.1, 0.15) is 44.4 Å². The third-order valence-electron chi connectivity index (χ3n) is 4.06. The maximum absolute atomic E-state index is 3.50. The van der Waals surface area contributed by atoms with Crippen molar-refractivity contribution in [2.24, 2.45) is 0 Å². The van der Waals surface area contributed by atoms with Crippen molar-refractivity contribution in [3.05, 3.63) is 47.2 Å². The standard InChI is InChI=1S/C17H22N2/c1-11(2)18-19-9-8-15-16(19)13-10-12(3)6-7-14(13)17(15,4)5/h6-11,18H,1-5H3. The molecule has 100 valence electrons. The molecule has 2 aromatic rings. The SMILES string of the molecule is Cc1ccc2c(c1)-c1c(ccn1NC(C)C)C2(C)C. The van der Waals surface area contributed by atoms with Crippen LogP contribution in [-0.2, 0) is 5.41 Å². The van der Waals surface area contributed by atoms with Gasteiger partial charge in [-0.2, -0.15) is 0 Å². The van der Waals surface area contributed by atoms with Crippen LogP contribution in [0.15, 0.2) is 30.5 Å². The minimum Gasteiger partial charge on any atom is -0.323 e. The van der Waals surface area contributed by atoms with Crippen LogP contribution < -0.4 is 5.43 Å². The molecular formula is C17H22N2. The zero-order valence-corrected chi connectivity index (χ0v) is 12.4. The molecule has 1 N–H and O–H groups in total. The van der Waals surface area contributed by atoms with Gasteiger partial charge in [-0.3, -0.25) is 4.68 Å². The molecule has 2 heteroatoms. The molecule has 19 heavy (non-hydrogen) atoms. The molecule has 3 rings (SSSR count). The quantitative estimate of drug-likeness (QED) is 0.855. The number of benzene rings is 1. The zero-order chi connectivity index (χ0) is 13.8. The van der Waals surface area contributed by atoms with E-state index in [0.29, 0.717) is 6.04 Å². The smallest absolute Gasteiger partial charge is 0.0736 e. The summed E-state index contributed by atoms with van der Waals surface area (Å²) in [4.78, 5) is 0. The molecule has 1 aliphatic rings. The van der Waals surface area contributed by atoms with E-state index in [2.05, 4.69) is 75.2 Å². The van der Waals surface area contributed by atoms with Gasteiger partial charge in [0.2, 0.25) is 0 Å². The van der Waals surface area contributed by atoms with Crippen LogP contribution in [0.4, 0.5) is 0 Å². The van der Waals surface area contributed by atoms with Gasteiger partial charge in [0.05, 0.1) is 5.69 Å². The highest BCUT2D eigenvalue weighted by Gasteiger charge is 2.37. The van der Waals surface area contributed by atoms with Crippen molar-refractivity contribution < 1.29 is 0 Å². The van der Waals surface area contributed by atoms with E-state index in [1.54, 1.807) is 0 Å². The lowest BCUT2D eigenvalue weighted by atomic mass is 9.83. The summed E-state index contributed by atoms with van der Waals surface area (Å²) in [6.45, 7) is 11.1. The van der Waals surface area contributed by atoms with Crippen molar-refractivity contribution in [3.63, 3.8) is 0 Å². The number of aryl methyl sites for hydroxylation is 1. The van der Waals surface area contributed by atoms with Gasteiger partial charge in [0.15, 0.2) is 0 Å². The maximum atomic E-state index is 3.50. The first-order valence-corrected chi connectivity index (χ1v) is 7.01. The first-order chi connectivity index (χ1) is 8.91. The summed E-state index contributed by atoms with van der Waals surface area (Å²) in [5.41, 5.74) is 10.5. The fourth-order valence-corrected chi connectivity index (χ4v) is 3.14. The fraction of sp³-hybridized carbons (Fsp3) is 0.412. The summed E-state index contributed by atoms with van der Waals surface area (Å²) < 4.78 is 2.19. The van der Waals surface area contributed by atoms with Crippen LogP contribution in [0.5, 0.6) is 0 Å². The molecule has 0 atom stereocenters. The second kappa shape index (κ2) is 3.89. The van der Waals surface area contributed by atoms with Crippen molar-refractivity contribution >= 4 is 0 Å². The van der Waals surface area contributed by atoms with E-state index in [1.165, 1.54) is 27.9 Å². The van der Waals surface area contributed by atoms with Crippen LogP contribution in [-0.4, -0.2) is 10.7 Å². The maximum Gasteiger partial charge on any atom is 0.0736 e. The Morgan fingerprint density at radius 1 is 1.11 bits per heavy atom. The minimum absolute atomic E-state index is 0.0995. The topological polar surface area (TPSA) is 17.0 Å². The van der Waals surface area contributed by atoms with Crippen LogP contribution in [0.2, 0.25) is 0 Å². The molecule has 2 nitrogen and oxygen atoms in total. The summed E-state index contributed by atoms with van der Waals surface area (Å²) >= 11 is 0. The van der Waals surface area contributed by atoms with Gasteiger partial charge in [-0.1, -0.05) is 31.5 Å². The largest absolute Gasteiger partial charge is 0.323 e. The average molecular weight is 254 g/mol. The van der Waals surface area contributed by atoms with Gasteiger partial charge in [-0.15, -0.1) is 0 Å². The predicted octanol–water partition coefficient (Wildman–Crippen LogP) is 4.05. The Balaban J connectivity index is 2.24. The second-order valence-corrected chi connectivity index (χ2v) is 6.41. The van der Waals surface area contributed by atoms with Crippen molar-refractivity contribution in [2.45, 2.75) is 46.1 Å². The Bertz CT molecular complexity index is 633. The molecular weight excluding hydrogens is 232 g/mol. The predicted molar refractivity (Wildman–Crippen MR) is 81.2 cm³/mol. The molecule has 0 radical (unpaired) electrons. The van der Waals surface area contributed by atoms with Gasteiger partial charge in [0.25, 0.3) is 0 Å². The second-order valence-electron chi connectivity index (χ2n) is 6.41. The van der Waals surface area contributed by atoms with Gasteiger partial charge >= 0.3 is 0 Å². The molecule has 0 bridgehead atoms. The Morgan fingerprint density at radius 2 is 1.84 bits per heavy atom. The third-order valence-corrected chi connectivity index (χ3v) is 4.06. The lowest BCUT2D eigenvalue weighted by Crippen LogP contribution is -2.22. The van der Waals surface area contributed by atoms with Gasteiger partial charge in [0.1, 0.15) is 0 Å². The molecule has 1 aromatic carbocycles. The third kappa shape index (κ3) is 1.70. The Hall–Kier alpha value is -1.70. The van der Waals surface area contributed by atoms with E-state index in [4.69, 9.17) is 0 Å². The average Bonchev–Trinajstić information content (AvgIpc) is 2.79. The van der Waals surface area contributed by atoms with Crippen molar-refractivity contribution in [1.29, 1.82) is 0 Å². The lowest BCUT2D eigenvalue weighted by molar-refractivity contribution is 0.660. The molecule has 1 aromatic heterocycles. The summed E-state index contributed by atoms with van der Waals surface area (Å²) in [5.74, 6) is 0. The van der Waals surface area contributed by atoms with Gasteiger partial charge in [0, 0.05) is 23.2 Å². The highest BCUT2D eigenvalue weighted by molar-refractivity contribution is 5.79. The molecule has 1 heterocycles. The lowest BCUT2D eigenvalue weighted by Gasteiger charge is -2.20. The highest BCUT2D eigenvalue weighted by Crippen LogP contribution is 2.48. The minimum atomic E-state index is 0.0995. The van der Waals surface area contributed by atoms with E-state index in [0.717, 1.165) is 0 Å². The van der Waals surface area contributed by atoms with Crippen LogP contribution in [0.25, 0.3) is 11.3 Å². The zero-order valence-electron chi connectivity index (χ0n) is 12.4. The monoisotopic (exact) mass is 254 g/mol. The molecule has 0 fully saturated rings. The van der Waals surface area contributed by atoms with Crippen LogP contribution in [0.3, 0.4) is 0 Å². The van der Waals surface area contributed by atoms with Gasteiger partial charge in [-0.05, 0) is 44.0 Å². The highest BCUT2D eigenvalue weighted by atomic mass is 15.4. The Labute approximate surface area is 115 Å². The molecule has 0 saturated heterocycles. The first kappa shape index (κ1) is 12.3. The Morgan fingerprint density at radius 3 is 2.53 bits per heavy atom. The van der Waals surface area contributed by atoms with Crippen molar-refractivity contribution in [2.75, 3.05) is 5.43 Å². The van der Waals surface area contributed by atoms with Crippen LogP contribution in [0, 0.1) is 6.92 Å². The van der Waals surface area contributed by atoms with E-state index >= 15 is 0 Å².